The van der Waals surface area contributed by atoms with Crippen LogP contribution in [0.1, 0.15) is 72.1 Å². The molecule has 1 heterocycles. The Hall–Kier alpha value is -1.63. The maximum Gasteiger partial charge on any atom is 0.326 e. The van der Waals surface area contributed by atoms with Crippen LogP contribution >= 0.6 is 0 Å². The summed E-state index contributed by atoms with van der Waals surface area (Å²) in [5.74, 6) is -1.10. The van der Waals surface area contributed by atoms with Crippen molar-refractivity contribution in [2.24, 2.45) is 28.9 Å². The summed E-state index contributed by atoms with van der Waals surface area (Å²) in [5.41, 5.74) is 5.71. The lowest BCUT2D eigenvalue weighted by Gasteiger charge is -2.37. The summed E-state index contributed by atoms with van der Waals surface area (Å²) in [4.78, 5) is 39.9. The van der Waals surface area contributed by atoms with E-state index >= 15 is 0 Å². The number of carbonyl (C=O) groups excluding carboxylic acids is 2. The number of nitrogens with two attached hydrogens (primary N) is 1. The molecule has 3 rings (SSSR count). The number of hydrogen-bond donors (Lipinski definition) is 3. The normalized spacial score (nSPS) is 29.9. The predicted octanol–water partition coefficient (Wildman–Crippen LogP) is 2.14. The molecule has 0 bridgehead atoms. The molecule has 4 N–H and O–H groups in total. The Morgan fingerprint density at radius 2 is 1.69 bits per heavy atom. The van der Waals surface area contributed by atoms with E-state index in [1.807, 2.05) is 20.8 Å². The average molecular weight is 408 g/mol. The third kappa shape index (κ3) is 4.60. The van der Waals surface area contributed by atoms with Crippen molar-refractivity contribution in [3.05, 3.63) is 0 Å². The summed E-state index contributed by atoms with van der Waals surface area (Å²) < 4.78 is 0. The van der Waals surface area contributed by atoms with Crippen molar-refractivity contribution in [3.63, 3.8) is 0 Å². The lowest BCUT2D eigenvalue weighted by Crippen LogP contribution is -2.60. The molecule has 0 aromatic rings. The van der Waals surface area contributed by atoms with Crippen LogP contribution in [0.2, 0.25) is 0 Å². The van der Waals surface area contributed by atoms with Crippen LogP contribution in [-0.4, -0.2) is 52.5 Å². The number of rotatable bonds is 5. The summed E-state index contributed by atoms with van der Waals surface area (Å²) >= 11 is 0. The first kappa shape index (κ1) is 22.1. The van der Waals surface area contributed by atoms with Gasteiger partial charge in [-0.25, -0.2) is 4.79 Å². The van der Waals surface area contributed by atoms with Gasteiger partial charge in [-0.05, 0) is 48.9 Å². The van der Waals surface area contributed by atoms with Crippen LogP contribution in [0.3, 0.4) is 0 Å². The second-order valence-corrected chi connectivity index (χ2v) is 10.4. The number of nitrogens with zero attached hydrogens (tertiary/aromatic N) is 1. The molecule has 7 heteroatoms. The summed E-state index contributed by atoms with van der Waals surface area (Å²) in [7, 11) is 0. The molecule has 5 atom stereocenters. The van der Waals surface area contributed by atoms with Gasteiger partial charge in [0.25, 0.3) is 0 Å². The first-order valence-electron chi connectivity index (χ1n) is 11.2. The Morgan fingerprint density at radius 3 is 2.28 bits per heavy atom. The highest BCUT2D eigenvalue weighted by molar-refractivity contribution is 5.93. The zero-order chi connectivity index (χ0) is 21.3. The molecule has 0 radical (unpaired) electrons. The van der Waals surface area contributed by atoms with E-state index in [4.69, 9.17) is 5.73 Å². The van der Waals surface area contributed by atoms with Crippen LogP contribution in [0, 0.1) is 23.2 Å². The Bertz CT molecular complexity index is 638. The second kappa shape index (κ2) is 8.62. The Kier molecular flexibility index (Phi) is 6.56. The minimum atomic E-state index is -0.939. The van der Waals surface area contributed by atoms with E-state index in [2.05, 4.69) is 5.32 Å². The number of hydrogen-bond acceptors (Lipinski definition) is 4. The zero-order valence-electron chi connectivity index (χ0n) is 18.0. The van der Waals surface area contributed by atoms with Gasteiger partial charge in [0, 0.05) is 6.54 Å². The van der Waals surface area contributed by atoms with Crippen molar-refractivity contribution in [3.8, 4) is 0 Å². The minimum absolute atomic E-state index is 0.0252. The number of nitrogens with one attached hydrogen (secondary N) is 1. The van der Waals surface area contributed by atoms with Gasteiger partial charge in [-0.15, -0.1) is 0 Å². The molecule has 2 amide bonds. The van der Waals surface area contributed by atoms with Crippen molar-refractivity contribution in [1.82, 2.24) is 10.2 Å². The largest absolute Gasteiger partial charge is 0.480 e. The lowest BCUT2D eigenvalue weighted by atomic mass is 9.82. The third-order valence-corrected chi connectivity index (χ3v) is 7.29. The summed E-state index contributed by atoms with van der Waals surface area (Å²) in [6.07, 6.45) is 8.09. The molecular formula is C22H37N3O4. The third-order valence-electron chi connectivity index (χ3n) is 7.29. The van der Waals surface area contributed by atoms with E-state index in [-0.39, 0.29) is 29.6 Å². The van der Waals surface area contributed by atoms with Gasteiger partial charge in [0.15, 0.2) is 0 Å². The molecule has 3 aliphatic rings. The molecule has 164 valence electrons. The number of aliphatic carboxylic acids is 1. The molecule has 2 aliphatic carbocycles. The van der Waals surface area contributed by atoms with Crippen molar-refractivity contribution in [1.29, 1.82) is 0 Å². The molecule has 29 heavy (non-hydrogen) atoms. The minimum Gasteiger partial charge on any atom is -0.480 e. The second-order valence-electron chi connectivity index (χ2n) is 10.4. The molecule has 7 nitrogen and oxygen atoms in total. The van der Waals surface area contributed by atoms with Crippen molar-refractivity contribution in [2.45, 2.75) is 90.3 Å². The van der Waals surface area contributed by atoms with Gasteiger partial charge in [-0.2, -0.15) is 0 Å². The summed E-state index contributed by atoms with van der Waals surface area (Å²) in [6, 6.07) is -2.20. The van der Waals surface area contributed by atoms with Crippen LogP contribution in [0.15, 0.2) is 0 Å². The smallest absolute Gasteiger partial charge is 0.326 e. The van der Waals surface area contributed by atoms with Crippen LogP contribution in [0.5, 0.6) is 0 Å². The van der Waals surface area contributed by atoms with Gasteiger partial charge < -0.3 is 21.1 Å². The monoisotopic (exact) mass is 407 g/mol. The van der Waals surface area contributed by atoms with Crippen molar-refractivity contribution >= 4 is 17.8 Å². The van der Waals surface area contributed by atoms with E-state index < -0.39 is 29.5 Å². The SMILES string of the molecule is CC(C)(C)C(NC(=O)[C@@H](N)C1CCCCC1)C(=O)N1CC2CCCC2[C@H]1C(=O)O. The summed E-state index contributed by atoms with van der Waals surface area (Å²) in [6.45, 7) is 6.16. The number of carboxylic acid groups (broad SMARTS) is 1. The van der Waals surface area contributed by atoms with Gasteiger partial charge in [-0.1, -0.05) is 46.5 Å². The highest BCUT2D eigenvalue weighted by atomic mass is 16.4. The van der Waals surface area contributed by atoms with Gasteiger partial charge in [0.1, 0.15) is 12.1 Å². The highest BCUT2D eigenvalue weighted by Crippen LogP contribution is 2.43. The first-order chi connectivity index (χ1) is 13.6. The van der Waals surface area contributed by atoms with Crippen LogP contribution < -0.4 is 11.1 Å². The van der Waals surface area contributed by atoms with E-state index in [1.165, 1.54) is 11.3 Å². The quantitative estimate of drug-likeness (QED) is 0.646. The number of likely N-dealkylation sites (tertiary alicyclic amines) is 1. The molecular weight excluding hydrogens is 370 g/mol. The van der Waals surface area contributed by atoms with Gasteiger partial charge in [0.2, 0.25) is 11.8 Å². The molecule has 0 aromatic heterocycles. The van der Waals surface area contributed by atoms with Gasteiger partial charge in [-0.3, -0.25) is 9.59 Å². The van der Waals surface area contributed by atoms with E-state index in [1.54, 1.807) is 0 Å². The average Bonchev–Trinajstić information content (AvgIpc) is 3.25. The zero-order valence-corrected chi connectivity index (χ0v) is 18.0. The number of carbonyl (C=O) groups is 3. The van der Waals surface area contributed by atoms with Gasteiger partial charge >= 0.3 is 5.97 Å². The van der Waals surface area contributed by atoms with E-state index in [0.29, 0.717) is 6.54 Å². The molecule has 3 unspecified atom stereocenters. The molecule has 1 aliphatic heterocycles. The number of fused-ring (bicyclic) bond motifs is 1. The number of carboxylic acids is 1. The predicted molar refractivity (Wildman–Crippen MR) is 110 cm³/mol. The van der Waals surface area contributed by atoms with Crippen LogP contribution in [0.25, 0.3) is 0 Å². The fourth-order valence-electron chi connectivity index (χ4n) is 5.61. The lowest BCUT2D eigenvalue weighted by molar-refractivity contribution is -0.152. The van der Waals surface area contributed by atoms with Gasteiger partial charge in [0.05, 0.1) is 6.04 Å². The fourth-order valence-corrected chi connectivity index (χ4v) is 5.61. The summed E-state index contributed by atoms with van der Waals surface area (Å²) in [5, 5.41) is 12.7. The number of amides is 2. The van der Waals surface area contributed by atoms with Crippen LogP contribution in [0.4, 0.5) is 0 Å². The Morgan fingerprint density at radius 1 is 1.03 bits per heavy atom. The standard InChI is InChI=1S/C22H37N3O4/c1-22(2,3)18(24-19(26)16(23)13-8-5-4-6-9-13)20(27)25-12-14-10-7-11-15(14)17(25)21(28)29/h13-18H,4-12,23H2,1-3H3,(H,24,26)(H,28,29)/t14?,15?,16-,17-,18?/m0/s1. The molecule has 0 spiro atoms. The molecule has 3 fully saturated rings. The maximum atomic E-state index is 13.5. The molecule has 0 aromatic carbocycles. The Labute approximate surface area is 173 Å². The fraction of sp³-hybridized carbons (Fsp3) is 0.864. The van der Waals surface area contributed by atoms with Crippen LogP contribution in [-0.2, 0) is 14.4 Å². The van der Waals surface area contributed by atoms with Crippen molar-refractivity contribution in [2.75, 3.05) is 6.54 Å². The topological polar surface area (TPSA) is 113 Å². The van der Waals surface area contributed by atoms with Crippen molar-refractivity contribution < 1.29 is 19.5 Å². The van der Waals surface area contributed by atoms with E-state index in [9.17, 15) is 19.5 Å². The molecule has 2 saturated carbocycles. The molecule has 1 saturated heterocycles. The Balaban J connectivity index is 1.75. The first-order valence-corrected chi connectivity index (χ1v) is 11.2. The van der Waals surface area contributed by atoms with E-state index in [0.717, 1.165) is 44.9 Å². The highest BCUT2D eigenvalue weighted by Gasteiger charge is 2.52. The maximum absolute atomic E-state index is 13.5.